The molecule has 0 bridgehead atoms. The number of hydrogen-bond acceptors (Lipinski definition) is 4. The van der Waals surface area contributed by atoms with Crippen LogP contribution in [0, 0.1) is 0 Å². The molecule has 0 heterocycles. The van der Waals surface area contributed by atoms with Crippen LogP contribution in [0.5, 0.6) is 0 Å². The van der Waals surface area contributed by atoms with Crippen LogP contribution in [0.4, 0.5) is 0 Å². The minimum atomic E-state index is -2.74. The summed E-state index contributed by atoms with van der Waals surface area (Å²) in [7, 11) is 0. The van der Waals surface area contributed by atoms with E-state index < -0.39 is 36.4 Å². The van der Waals surface area contributed by atoms with Gasteiger partial charge in [-0.05, 0) is 0 Å². The Morgan fingerprint density at radius 3 is 1.33 bits per heavy atom. The molecule has 88 valence electrons. The average Bonchev–Trinajstić information content (AvgIpc) is 1.82. The van der Waals surface area contributed by atoms with E-state index in [1.54, 1.807) is 0 Å². The zero-order valence-corrected chi connectivity index (χ0v) is 12.4. The van der Waals surface area contributed by atoms with Crippen molar-refractivity contribution < 1.29 is 34.8 Å². The third-order valence-corrected chi connectivity index (χ3v) is 1.29. The summed E-state index contributed by atoms with van der Waals surface area (Å²) in [6.07, 6.45) is -2.29. The summed E-state index contributed by atoms with van der Waals surface area (Å²) in [6, 6.07) is 0. The van der Waals surface area contributed by atoms with Crippen LogP contribution in [0.1, 0.15) is 12.8 Å². The summed E-state index contributed by atoms with van der Waals surface area (Å²) in [6.45, 7) is 0. The zero-order valence-electron chi connectivity index (χ0n) is 7.54. The van der Waals surface area contributed by atoms with E-state index >= 15 is 0 Å². The maximum absolute atomic E-state index is 10.3. The molecule has 4 N–H and O–H groups in total. The van der Waals surface area contributed by atoms with Gasteiger partial charge in [-0.15, -0.1) is 12.4 Å². The Bertz CT molecular complexity index is 238. The van der Waals surface area contributed by atoms with Gasteiger partial charge in [-0.2, -0.15) is 0 Å². The summed E-state index contributed by atoms with van der Waals surface area (Å²) >= 11 is 0. The standard InChI is InChI=1S/C6H8O7.ClH.Sn.2H/c7-3(8)1-6(13,5(11)12)2-4(9)10;;;;/h13H,1-2H2,(H,7,8)(H,9,10)(H,11,12);1H;;;. The Balaban J connectivity index is -0.000000720. The first-order valence-electron chi connectivity index (χ1n) is 3.17. The first-order chi connectivity index (χ1) is 5.78. The normalized spacial score (nSPS) is 9.40. The molecule has 0 fully saturated rings. The van der Waals surface area contributed by atoms with Crippen molar-refractivity contribution in [1.29, 1.82) is 0 Å². The quantitative estimate of drug-likeness (QED) is 0.433. The first kappa shape index (κ1) is 19.9. The average molecular weight is 349 g/mol. The molecule has 0 rings (SSSR count). The molecule has 0 aromatic rings. The van der Waals surface area contributed by atoms with Crippen LogP contribution in [0.25, 0.3) is 0 Å². The van der Waals surface area contributed by atoms with Crippen LogP contribution in [-0.4, -0.2) is 67.8 Å². The van der Waals surface area contributed by atoms with Crippen LogP contribution in [0.15, 0.2) is 0 Å². The van der Waals surface area contributed by atoms with E-state index in [0.29, 0.717) is 0 Å². The molecule has 0 saturated carbocycles. The summed E-state index contributed by atoms with van der Waals surface area (Å²) in [5.74, 6) is -5.02. The molecule has 15 heavy (non-hydrogen) atoms. The van der Waals surface area contributed by atoms with Gasteiger partial charge in [0.15, 0.2) is 5.60 Å². The van der Waals surface area contributed by atoms with Gasteiger partial charge in [0.1, 0.15) is 0 Å². The van der Waals surface area contributed by atoms with Crippen molar-refractivity contribution >= 4 is 54.2 Å². The predicted octanol–water partition coefficient (Wildman–Crippen LogP) is -1.74. The molecule has 9 heteroatoms. The van der Waals surface area contributed by atoms with Gasteiger partial charge in [-0.3, -0.25) is 9.59 Å². The molecule has 7 nitrogen and oxygen atoms in total. The summed E-state index contributed by atoms with van der Waals surface area (Å²) in [4.78, 5) is 30.5. The van der Waals surface area contributed by atoms with Gasteiger partial charge in [0.2, 0.25) is 0 Å². The number of hydrogen-bond donors (Lipinski definition) is 4. The third kappa shape index (κ3) is 7.39. The van der Waals surface area contributed by atoms with Crippen molar-refractivity contribution in [2.24, 2.45) is 0 Å². The van der Waals surface area contributed by atoms with Gasteiger partial charge >= 0.3 is 41.8 Å². The van der Waals surface area contributed by atoms with Crippen molar-refractivity contribution in [3.05, 3.63) is 0 Å². The Labute approximate surface area is 107 Å². The number of carboxylic acids is 3. The molecule has 0 aromatic heterocycles. The number of carboxylic acid groups (broad SMARTS) is 3. The number of aliphatic carboxylic acids is 3. The fourth-order valence-corrected chi connectivity index (χ4v) is 0.714. The molecule has 2 radical (unpaired) electrons. The summed E-state index contributed by atoms with van der Waals surface area (Å²) < 4.78 is 0. The van der Waals surface area contributed by atoms with Gasteiger partial charge in [0.25, 0.3) is 0 Å². The van der Waals surface area contributed by atoms with Crippen LogP contribution in [0.3, 0.4) is 0 Å². The fourth-order valence-electron chi connectivity index (χ4n) is 0.714. The second-order valence-corrected chi connectivity index (χ2v) is 2.48. The van der Waals surface area contributed by atoms with Gasteiger partial charge in [-0.25, -0.2) is 4.79 Å². The number of halogens is 1. The Hall–Kier alpha value is -0.541. The Morgan fingerprint density at radius 2 is 1.20 bits per heavy atom. The van der Waals surface area contributed by atoms with E-state index in [1.807, 2.05) is 0 Å². The summed E-state index contributed by atoms with van der Waals surface area (Å²) in [5, 5.41) is 33.8. The SMILES string of the molecule is Cl.O=C(O)CC(O)(CC(=O)O)C(=O)O.[SnH2]. The van der Waals surface area contributed by atoms with Crippen LogP contribution >= 0.6 is 12.4 Å². The van der Waals surface area contributed by atoms with Crippen LogP contribution in [0.2, 0.25) is 0 Å². The molecule has 0 spiro atoms. The zero-order chi connectivity index (χ0) is 10.6. The second kappa shape index (κ2) is 7.71. The third-order valence-electron chi connectivity index (χ3n) is 1.29. The second-order valence-electron chi connectivity index (χ2n) is 2.48. The monoisotopic (exact) mass is 350 g/mol. The Morgan fingerprint density at radius 1 is 0.933 bits per heavy atom. The molecule has 0 aromatic carbocycles. The van der Waals surface area contributed by atoms with Crippen molar-refractivity contribution in [2.45, 2.75) is 18.4 Å². The molecule has 0 aliphatic heterocycles. The van der Waals surface area contributed by atoms with Crippen LogP contribution < -0.4 is 0 Å². The van der Waals surface area contributed by atoms with E-state index in [2.05, 4.69) is 0 Å². The molecular weight excluding hydrogens is 338 g/mol. The van der Waals surface area contributed by atoms with E-state index in [9.17, 15) is 14.4 Å². The summed E-state index contributed by atoms with van der Waals surface area (Å²) in [5.41, 5.74) is -2.74. The van der Waals surface area contributed by atoms with Crippen molar-refractivity contribution in [1.82, 2.24) is 0 Å². The molecule has 0 unspecified atom stereocenters. The predicted molar refractivity (Wildman–Crippen MR) is 52.9 cm³/mol. The first-order valence-corrected chi connectivity index (χ1v) is 3.17. The molecule has 0 saturated heterocycles. The van der Waals surface area contributed by atoms with E-state index in [4.69, 9.17) is 20.4 Å². The van der Waals surface area contributed by atoms with Crippen molar-refractivity contribution in [3.63, 3.8) is 0 Å². The van der Waals surface area contributed by atoms with E-state index in [-0.39, 0.29) is 36.3 Å². The van der Waals surface area contributed by atoms with E-state index in [0.717, 1.165) is 0 Å². The maximum atomic E-state index is 10.3. The number of aliphatic hydroxyl groups is 1. The fraction of sp³-hybridized carbons (Fsp3) is 0.500. The number of rotatable bonds is 5. The van der Waals surface area contributed by atoms with E-state index in [1.165, 1.54) is 0 Å². The molecule has 0 aliphatic rings. The minimum absolute atomic E-state index is 0. The van der Waals surface area contributed by atoms with Gasteiger partial charge < -0.3 is 20.4 Å². The molecular formula is C6H11ClO7Sn. The number of carbonyl (C=O) groups is 3. The topological polar surface area (TPSA) is 132 Å². The molecule has 0 amide bonds. The van der Waals surface area contributed by atoms with Crippen molar-refractivity contribution in [3.8, 4) is 0 Å². The van der Waals surface area contributed by atoms with Gasteiger partial charge in [-0.1, -0.05) is 0 Å². The Kier molecular flexibility index (Phi) is 10.3. The van der Waals surface area contributed by atoms with Crippen molar-refractivity contribution in [2.75, 3.05) is 0 Å². The molecule has 0 aliphatic carbocycles. The van der Waals surface area contributed by atoms with Gasteiger partial charge in [0, 0.05) is 0 Å². The molecule has 0 atom stereocenters. The van der Waals surface area contributed by atoms with Crippen LogP contribution in [-0.2, 0) is 14.4 Å². The van der Waals surface area contributed by atoms with Gasteiger partial charge in [0.05, 0.1) is 12.8 Å².